The van der Waals surface area contributed by atoms with E-state index in [0.29, 0.717) is 0 Å². The molecule has 0 atom stereocenters. The minimum Gasteiger partial charge on any atom is -0.455 e. The summed E-state index contributed by atoms with van der Waals surface area (Å²) >= 11 is 0. The van der Waals surface area contributed by atoms with Gasteiger partial charge in [-0.05, 0) is 119 Å². The van der Waals surface area contributed by atoms with Gasteiger partial charge in [-0.25, -0.2) is 0 Å². The Bertz CT molecular complexity index is 3100. The minimum absolute atomic E-state index is 0.120. The molecule has 0 fully saturated rings. The lowest BCUT2D eigenvalue weighted by Crippen LogP contribution is -2.15. The first-order valence-corrected chi connectivity index (χ1v) is 18.6. The average Bonchev–Trinajstić information content (AvgIpc) is 3.68. The third kappa shape index (κ3) is 4.25. The van der Waals surface area contributed by atoms with Crippen LogP contribution in [0.25, 0.3) is 98.8 Å². The summed E-state index contributed by atoms with van der Waals surface area (Å²) in [6.45, 7) is 6.96. The van der Waals surface area contributed by atoms with E-state index in [0.717, 1.165) is 27.5 Å². The third-order valence-electron chi connectivity index (χ3n) is 12.0. The van der Waals surface area contributed by atoms with Gasteiger partial charge in [0.25, 0.3) is 0 Å². The van der Waals surface area contributed by atoms with E-state index in [1.54, 1.807) is 0 Å². The third-order valence-corrected chi connectivity index (χ3v) is 12.0. The van der Waals surface area contributed by atoms with E-state index in [2.05, 4.69) is 185 Å². The van der Waals surface area contributed by atoms with Gasteiger partial charge in [-0.2, -0.15) is 0 Å². The highest BCUT2D eigenvalue weighted by Gasteiger charge is 2.37. The maximum Gasteiger partial charge on any atom is 0.143 e. The van der Waals surface area contributed by atoms with Gasteiger partial charge in [-0.15, -0.1) is 0 Å². The van der Waals surface area contributed by atoms with E-state index in [1.165, 1.54) is 88.0 Å². The van der Waals surface area contributed by atoms with Crippen molar-refractivity contribution in [2.75, 3.05) is 0 Å². The lowest BCUT2D eigenvalue weighted by Gasteiger charge is -2.23. The van der Waals surface area contributed by atoms with Gasteiger partial charge in [-0.3, -0.25) is 0 Å². The molecule has 53 heavy (non-hydrogen) atoms. The van der Waals surface area contributed by atoms with Crippen LogP contribution in [0.3, 0.4) is 0 Å². The largest absolute Gasteiger partial charge is 0.455 e. The highest BCUT2D eigenvalue weighted by molar-refractivity contribution is 6.23. The van der Waals surface area contributed by atoms with Crippen LogP contribution in [0.1, 0.15) is 30.5 Å². The summed E-state index contributed by atoms with van der Waals surface area (Å²) < 4.78 is 6.64. The van der Waals surface area contributed by atoms with Crippen LogP contribution in [-0.2, 0) is 5.41 Å². The molecule has 0 saturated carbocycles. The Balaban J connectivity index is 1.20. The van der Waals surface area contributed by atoms with Gasteiger partial charge in [0.15, 0.2) is 0 Å². The topological polar surface area (TPSA) is 13.1 Å². The van der Waals surface area contributed by atoms with Crippen molar-refractivity contribution < 1.29 is 4.42 Å². The second-order valence-electron chi connectivity index (χ2n) is 15.2. The molecule has 9 aromatic carbocycles. The Labute approximate surface area is 308 Å². The second kappa shape index (κ2) is 11.0. The van der Waals surface area contributed by atoms with Crippen LogP contribution in [0.5, 0.6) is 0 Å². The molecule has 1 nitrogen and oxygen atoms in total. The Morgan fingerprint density at radius 3 is 1.72 bits per heavy atom. The van der Waals surface area contributed by atoms with Crippen molar-refractivity contribution in [3.8, 4) is 44.5 Å². The fourth-order valence-corrected chi connectivity index (χ4v) is 9.46. The number of hydrogen-bond donors (Lipinski definition) is 0. The molecule has 1 heteroatoms. The van der Waals surface area contributed by atoms with Gasteiger partial charge in [0.1, 0.15) is 11.2 Å². The van der Waals surface area contributed by atoms with E-state index in [1.807, 2.05) is 0 Å². The zero-order valence-corrected chi connectivity index (χ0v) is 30.0. The molecule has 1 heterocycles. The standard InChI is InChI=1S/C52H36O/c1-31-14-4-6-16-35(31)43-28-34(29-44-37-18-12-13-23-47(37)53-51(43)44)49-40-21-10-8-19-38(40)48(39-20-9-11-22-41(39)49)33-24-26-42-46(30-33)52(2,3)45-27-25-32-15-5-7-17-36(32)50(42)45/h4-30H,1-3H3. The SMILES string of the molecule is Cc1ccccc1-c1cc(-c2c3ccccc3c(-c3ccc4c(c3)C(C)(C)c3ccc5ccccc5c3-4)c3ccccc23)cc2c1oc1ccccc12. The number of furan rings is 1. The Morgan fingerprint density at radius 2 is 1.00 bits per heavy atom. The van der Waals surface area contributed by atoms with E-state index in [-0.39, 0.29) is 5.41 Å². The van der Waals surface area contributed by atoms with Crippen molar-refractivity contribution in [3.05, 3.63) is 180 Å². The quantitative estimate of drug-likeness (QED) is 0.170. The zero-order valence-electron chi connectivity index (χ0n) is 30.0. The average molecular weight is 677 g/mol. The van der Waals surface area contributed by atoms with Gasteiger partial charge >= 0.3 is 0 Å². The molecule has 0 unspecified atom stereocenters. The van der Waals surface area contributed by atoms with Crippen LogP contribution >= 0.6 is 0 Å². The summed E-state index contributed by atoms with van der Waals surface area (Å²) in [5.74, 6) is 0. The monoisotopic (exact) mass is 676 g/mol. The maximum atomic E-state index is 6.64. The summed E-state index contributed by atoms with van der Waals surface area (Å²) in [5.41, 5.74) is 15.8. The molecule has 0 bridgehead atoms. The first-order chi connectivity index (χ1) is 26.0. The smallest absolute Gasteiger partial charge is 0.143 e. The number of benzene rings is 9. The first-order valence-electron chi connectivity index (χ1n) is 18.6. The summed E-state index contributed by atoms with van der Waals surface area (Å²) in [6.07, 6.45) is 0. The molecular weight excluding hydrogens is 641 g/mol. The molecule has 0 aliphatic heterocycles. The Kier molecular flexibility index (Phi) is 6.29. The van der Waals surface area contributed by atoms with E-state index < -0.39 is 0 Å². The Hall–Kier alpha value is -6.44. The molecule has 0 N–H and O–H groups in total. The predicted molar refractivity (Wildman–Crippen MR) is 225 cm³/mol. The van der Waals surface area contributed by atoms with Gasteiger partial charge < -0.3 is 4.42 Å². The van der Waals surface area contributed by atoms with E-state index in [4.69, 9.17) is 4.42 Å². The molecule has 250 valence electrons. The van der Waals surface area contributed by atoms with Gasteiger partial charge in [0, 0.05) is 21.8 Å². The van der Waals surface area contributed by atoms with Crippen molar-refractivity contribution in [2.45, 2.75) is 26.2 Å². The van der Waals surface area contributed by atoms with Gasteiger partial charge in [0.2, 0.25) is 0 Å². The molecule has 0 radical (unpaired) electrons. The fourth-order valence-electron chi connectivity index (χ4n) is 9.46. The summed E-state index contributed by atoms with van der Waals surface area (Å²) in [4.78, 5) is 0. The second-order valence-corrected chi connectivity index (χ2v) is 15.2. The molecule has 10 aromatic rings. The number of fused-ring (bicyclic) bond motifs is 10. The van der Waals surface area contributed by atoms with Crippen LogP contribution in [0.15, 0.2) is 168 Å². The number of aryl methyl sites for hydroxylation is 1. The maximum absolute atomic E-state index is 6.64. The number of hydrogen-bond acceptors (Lipinski definition) is 1. The van der Waals surface area contributed by atoms with Crippen molar-refractivity contribution >= 4 is 54.3 Å². The molecule has 1 aliphatic rings. The summed E-state index contributed by atoms with van der Waals surface area (Å²) in [6, 6.07) is 60.5. The van der Waals surface area contributed by atoms with E-state index >= 15 is 0 Å². The molecule has 0 saturated heterocycles. The summed E-state index contributed by atoms with van der Waals surface area (Å²) in [7, 11) is 0. The highest BCUT2D eigenvalue weighted by atomic mass is 16.3. The normalized spacial score (nSPS) is 13.3. The molecule has 0 spiro atoms. The van der Waals surface area contributed by atoms with Gasteiger partial charge in [0.05, 0.1) is 0 Å². The lowest BCUT2D eigenvalue weighted by molar-refractivity contribution is 0.661. The van der Waals surface area contributed by atoms with Crippen molar-refractivity contribution in [2.24, 2.45) is 0 Å². The molecule has 1 aliphatic carbocycles. The van der Waals surface area contributed by atoms with E-state index in [9.17, 15) is 0 Å². The van der Waals surface area contributed by atoms with Crippen LogP contribution < -0.4 is 0 Å². The molecular formula is C52H36O. The van der Waals surface area contributed by atoms with Crippen LogP contribution in [0.4, 0.5) is 0 Å². The summed E-state index contributed by atoms with van der Waals surface area (Å²) in [5, 5.41) is 9.91. The van der Waals surface area contributed by atoms with Gasteiger partial charge in [-0.1, -0.05) is 153 Å². The highest BCUT2D eigenvalue weighted by Crippen LogP contribution is 2.53. The number of para-hydroxylation sites is 1. The zero-order chi connectivity index (χ0) is 35.4. The predicted octanol–water partition coefficient (Wildman–Crippen LogP) is 14.7. The van der Waals surface area contributed by atoms with Crippen molar-refractivity contribution in [1.29, 1.82) is 0 Å². The molecule has 0 amide bonds. The minimum atomic E-state index is -0.120. The van der Waals surface area contributed by atoms with Crippen molar-refractivity contribution in [3.63, 3.8) is 0 Å². The first kappa shape index (κ1) is 30.2. The number of rotatable bonds is 3. The van der Waals surface area contributed by atoms with Crippen LogP contribution in [0, 0.1) is 6.92 Å². The fraction of sp³-hybridized carbons (Fsp3) is 0.0769. The lowest BCUT2D eigenvalue weighted by atomic mass is 9.80. The van der Waals surface area contributed by atoms with Crippen LogP contribution in [0.2, 0.25) is 0 Å². The van der Waals surface area contributed by atoms with Crippen molar-refractivity contribution in [1.82, 2.24) is 0 Å². The van der Waals surface area contributed by atoms with Crippen LogP contribution in [-0.4, -0.2) is 0 Å². The molecule has 1 aromatic heterocycles. The molecule has 11 rings (SSSR count). The Morgan fingerprint density at radius 1 is 0.396 bits per heavy atom.